The van der Waals surface area contributed by atoms with Gasteiger partial charge in [0.2, 0.25) is 0 Å². The fraction of sp³-hybridized carbons (Fsp3) is 0.647. The smallest absolute Gasteiger partial charge is 0.124 e. The highest BCUT2D eigenvalue weighted by Crippen LogP contribution is 2.57. The van der Waals surface area contributed by atoms with Crippen LogP contribution in [0.25, 0.3) is 0 Å². The van der Waals surface area contributed by atoms with Crippen LogP contribution in [-0.4, -0.2) is 13.1 Å². The van der Waals surface area contributed by atoms with Gasteiger partial charge in [-0.05, 0) is 73.2 Å². The van der Waals surface area contributed by atoms with Gasteiger partial charge in [0.1, 0.15) is 5.82 Å². The highest BCUT2D eigenvalue weighted by molar-refractivity contribution is 9.10. The van der Waals surface area contributed by atoms with Crippen LogP contribution in [0, 0.1) is 23.1 Å². The average molecular weight is 340 g/mol. The van der Waals surface area contributed by atoms with E-state index < -0.39 is 0 Å². The molecule has 110 valence electrons. The van der Waals surface area contributed by atoms with E-state index in [1.165, 1.54) is 25.7 Å². The zero-order chi connectivity index (χ0) is 14.2. The first-order valence-corrected chi connectivity index (χ1v) is 8.56. The van der Waals surface area contributed by atoms with Crippen molar-refractivity contribution in [3.63, 3.8) is 0 Å². The van der Waals surface area contributed by atoms with Gasteiger partial charge in [0.25, 0.3) is 0 Å². The Morgan fingerprint density at radius 3 is 2.80 bits per heavy atom. The summed E-state index contributed by atoms with van der Waals surface area (Å²) in [4.78, 5) is 0. The second kappa shape index (κ2) is 5.76. The number of nitrogens with one attached hydrogen (secondary N) is 1. The molecule has 3 heteroatoms. The summed E-state index contributed by atoms with van der Waals surface area (Å²) >= 11 is 3.42. The molecule has 0 spiro atoms. The minimum Gasteiger partial charge on any atom is -0.316 e. The molecule has 0 radical (unpaired) electrons. The molecule has 1 aromatic rings. The van der Waals surface area contributed by atoms with Crippen molar-refractivity contribution in [3.05, 3.63) is 34.1 Å². The summed E-state index contributed by atoms with van der Waals surface area (Å²) in [5, 5.41) is 3.56. The number of hydrogen-bond acceptors (Lipinski definition) is 1. The van der Waals surface area contributed by atoms with Crippen molar-refractivity contribution in [1.29, 1.82) is 0 Å². The van der Waals surface area contributed by atoms with E-state index in [1.54, 1.807) is 12.1 Å². The topological polar surface area (TPSA) is 12.0 Å². The monoisotopic (exact) mass is 339 g/mol. The first kappa shape index (κ1) is 14.5. The van der Waals surface area contributed by atoms with E-state index in [0.717, 1.165) is 41.4 Å². The lowest BCUT2D eigenvalue weighted by Crippen LogP contribution is -2.40. The summed E-state index contributed by atoms with van der Waals surface area (Å²) < 4.78 is 14.5. The van der Waals surface area contributed by atoms with Gasteiger partial charge < -0.3 is 5.32 Å². The van der Waals surface area contributed by atoms with Crippen molar-refractivity contribution < 1.29 is 4.39 Å². The Morgan fingerprint density at radius 1 is 1.35 bits per heavy atom. The number of fused-ring (bicyclic) bond motifs is 2. The Balaban J connectivity index is 1.83. The van der Waals surface area contributed by atoms with Crippen molar-refractivity contribution >= 4 is 15.9 Å². The fourth-order valence-electron chi connectivity index (χ4n) is 4.55. The molecule has 2 saturated carbocycles. The number of rotatable bonds is 5. The van der Waals surface area contributed by atoms with Crippen LogP contribution in [0.15, 0.2) is 22.7 Å². The van der Waals surface area contributed by atoms with Gasteiger partial charge in [-0.2, -0.15) is 0 Å². The minimum absolute atomic E-state index is 0.129. The molecular weight excluding hydrogens is 317 g/mol. The zero-order valence-corrected chi connectivity index (χ0v) is 13.7. The summed E-state index contributed by atoms with van der Waals surface area (Å²) in [5.41, 5.74) is 1.49. The maximum absolute atomic E-state index is 13.6. The highest BCUT2D eigenvalue weighted by Gasteiger charge is 2.50. The summed E-state index contributed by atoms with van der Waals surface area (Å²) in [6, 6.07) is 5.34. The molecule has 0 heterocycles. The van der Waals surface area contributed by atoms with Crippen molar-refractivity contribution in [2.45, 2.75) is 39.0 Å². The lowest BCUT2D eigenvalue weighted by molar-refractivity contribution is 0.157. The Kier molecular flexibility index (Phi) is 4.19. The van der Waals surface area contributed by atoms with Crippen LogP contribution in [0.4, 0.5) is 4.39 Å². The molecule has 3 rings (SSSR count). The highest BCUT2D eigenvalue weighted by atomic mass is 79.9. The van der Waals surface area contributed by atoms with Gasteiger partial charge in [0, 0.05) is 11.0 Å². The van der Waals surface area contributed by atoms with Crippen molar-refractivity contribution in [2.24, 2.45) is 17.3 Å². The Bertz CT molecular complexity index is 470. The van der Waals surface area contributed by atoms with Crippen LogP contribution in [0.1, 0.15) is 38.2 Å². The average Bonchev–Trinajstić information content (AvgIpc) is 2.96. The van der Waals surface area contributed by atoms with E-state index >= 15 is 0 Å². The zero-order valence-electron chi connectivity index (χ0n) is 12.1. The van der Waals surface area contributed by atoms with Crippen molar-refractivity contribution in [3.8, 4) is 0 Å². The molecule has 20 heavy (non-hydrogen) atoms. The normalized spacial score (nSPS) is 31.9. The summed E-state index contributed by atoms with van der Waals surface area (Å²) in [6.45, 7) is 4.27. The molecule has 0 aromatic heterocycles. The molecule has 0 amide bonds. The van der Waals surface area contributed by atoms with Crippen LogP contribution in [0.5, 0.6) is 0 Å². The van der Waals surface area contributed by atoms with Gasteiger partial charge in [0.05, 0.1) is 0 Å². The van der Waals surface area contributed by atoms with Crippen LogP contribution < -0.4 is 5.32 Å². The van der Waals surface area contributed by atoms with Crippen LogP contribution in [0.3, 0.4) is 0 Å². The molecule has 3 atom stereocenters. The lowest BCUT2D eigenvalue weighted by Gasteiger charge is -2.38. The molecule has 3 unspecified atom stereocenters. The van der Waals surface area contributed by atoms with Crippen LogP contribution in [-0.2, 0) is 6.42 Å². The molecule has 2 aliphatic carbocycles. The van der Waals surface area contributed by atoms with Gasteiger partial charge in [-0.1, -0.05) is 29.3 Å². The van der Waals surface area contributed by atoms with Gasteiger partial charge in [-0.25, -0.2) is 4.39 Å². The van der Waals surface area contributed by atoms with Gasteiger partial charge in [-0.3, -0.25) is 0 Å². The molecule has 1 nitrogen and oxygen atoms in total. The first-order valence-electron chi connectivity index (χ1n) is 7.77. The predicted octanol–water partition coefficient (Wildman–Crippen LogP) is 4.55. The molecular formula is C17H23BrFN. The third-order valence-electron chi connectivity index (χ3n) is 5.31. The molecule has 0 saturated heterocycles. The second-order valence-electron chi connectivity index (χ2n) is 6.68. The second-order valence-corrected chi connectivity index (χ2v) is 7.59. The number of hydrogen-bond donors (Lipinski definition) is 1. The largest absolute Gasteiger partial charge is 0.316 e. The van der Waals surface area contributed by atoms with Gasteiger partial charge >= 0.3 is 0 Å². The Hall–Kier alpha value is -0.410. The lowest BCUT2D eigenvalue weighted by atomic mass is 9.69. The Labute approximate surface area is 129 Å². The maximum atomic E-state index is 13.6. The minimum atomic E-state index is -0.129. The molecule has 2 bridgehead atoms. The molecule has 2 fully saturated rings. The summed E-state index contributed by atoms with van der Waals surface area (Å²) in [6.07, 6.45) is 6.50. The van der Waals surface area contributed by atoms with Crippen LogP contribution in [0.2, 0.25) is 0 Å². The third-order valence-corrected chi connectivity index (χ3v) is 5.77. The van der Waals surface area contributed by atoms with Crippen molar-refractivity contribution in [1.82, 2.24) is 5.32 Å². The van der Waals surface area contributed by atoms with E-state index in [-0.39, 0.29) is 5.82 Å². The quantitative estimate of drug-likeness (QED) is 0.829. The third kappa shape index (κ3) is 2.80. The van der Waals surface area contributed by atoms with E-state index in [2.05, 4.69) is 34.2 Å². The van der Waals surface area contributed by atoms with E-state index in [1.807, 2.05) is 0 Å². The summed E-state index contributed by atoms with van der Waals surface area (Å²) in [7, 11) is 0. The van der Waals surface area contributed by atoms with E-state index in [9.17, 15) is 4.39 Å². The Morgan fingerprint density at radius 2 is 2.20 bits per heavy atom. The summed E-state index contributed by atoms with van der Waals surface area (Å²) in [5.74, 6) is 1.61. The SMILES string of the molecule is CCNCC1(Cc2cc(F)cc(Br)c2)CC2CCC1C2. The van der Waals surface area contributed by atoms with E-state index in [0.29, 0.717) is 5.41 Å². The van der Waals surface area contributed by atoms with Gasteiger partial charge in [0.15, 0.2) is 0 Å². The molecule has 1 aromatic carbocycles. The number of halogens is 2. The fourth-order valence-corrected chi connectivity index (χ4v) is 5.06. The number of benzene rings is 1. The molecule has 2 aliphatic rings. The van der Waals surface area contributed by atoms with Gasteiger partial charge in [-0.15, -0.1) is 0 Å². The van der Waals surface area contributed by atoms with Crippen LogP contribution >= 0.6 is 15.9 Å². The predicted molar refractivity (Wildman–Crippen MR) is 84.2 cm³/mol. The first-order chi connectivity index (χ1) is 9.61. The van der Waals surface area contributed by atoms with E-state index in [4.69, 9.17) is 0 Å². The molecule has 1 N–H and O–H groups in total. The standard InChI is InChI=1S/C17H23BrFN/c1-2-20-11-17(9-12-3-4-14(17)5-12)10-13-6-15(18)8-16(19)7-13/h6-8,12,14,20H,2-5,9-11H2,1H3. The maximum Gasteiger partial charge on any atom is 0.124 e. The van der Waals surface area contributed by atoms with Crippen molar-refractivity contribution in [2.75, 3.05) is 13.1 Å². The molecule has 0 aliphatic heterocycles.